The third kappa shape index (κ3) is 2.86. The zero-order valence-electron chi connectivity index (χ0n) is 13.6. The first-order valence-electron chi connectivity index (χ1n) is 7.61. The lowest BCUT2D eigenvalue weighted by Crippen LogP contribution is -2.41. The number of pyridine rings is 1. The summed E-state index contributed by atoms with van der Waals surface area (Å²) in [6.45, 7) is 9.76. The average molecular weight is 306 g/mol. The number of aromatic nitrogens is 1. The highest BCUT2D eigenvalue weighted by Gasteiger charge is 2.51. The van der Waals surface area contributed by atoms with E-state index in [0.717, 1.165) is 11.2 Å². The largest absolute Gasteiger partial charge is 0.495 e. The molecule has 22 heavy (non-hydrogen) atoms. The predicted octanol–water partition coefficient (Wildman–Crippen LogP) is 1.05. The molecule has 0 aliphatic carbocycles. The molecule has 7 heteroatoms. The van der Waals surface area contributed by atoms with Crippen LogP contribution in [0.25, 0.3) is 0 Å². The fourth-order valence-electron chi connectivity index (χ4n) is 2.54. The third-order valence-electron chi connectivity index (χ3n) is 4.56. The summed E-state index contributed by atoms with van der Waals surface area (Å²) in [5.74, 6) is 0.427. The van der Waals surface area contributed by atoms with Gasteiger partial charge in [0.15, 0.2) is 0 Å². The zero-order chi connectivity index (χ0) is 16.0. The molecule has 0 bridgehead atoms. The quantitative estimate of drug-likeness (QED) is 0.823. The Hall–Kier alpha value is -1.15. The molecule has 6 nitrogen and oxygen atoms in total. The number of nitrogen functional groups attached to an aromatic ring is 1. The second-order valence-corrected chi connectivity index (χ2v) is 6.77. The highest BCUT2D eigenvalue weighted by atomic mass is 16.7. The van der Waals surface area contributed by atoms with Gasteiger partial charge < -0.3 is 24.5 Å². The molecule has 1 unspecified atom stereocenters. The van der Waals surface area contributed by atoms with Crippen molar-refractivity contribution in [3.8, 4) is 0 Å². The van der Waals surface area contributed by atoms with Crippen molar-refractivity contribution in [2.45, 2.75) is 45.0 Å². The van der Waals surface area contributed by atoms with E-state index >= 15 is 0 Å². The van der Waals surface area contributed by atoms with Gasteiger partial charge in [-0.15, -0.1) is 0 Å². The van der Waals surface area contributed by atoms with E-state index in [0.29, 0.717) is 25.6 Å². The summed E-state index contributed by atoms with van der Waals surface area (Å²) in [4.78, 5) is 4.36. The van der Waals surface area contributed by atoms with E-state index in [-0.39, 0.29) is 17.3 Å². The van der Waals surface area contributed by atoms with Gasteiger partial charge in [-0.05, 0) is 45.3 Å². The van der Waals surface area contributed by atoms with E-state index in [1.165, 1.54) is 0 Å². The standard InChI is InChI=1S/C15H23BN2O4/c1-14(2)15(3,4)22-16(21-14)10-7-11(18-13(17)8-10)12-9-19-5-6-20-12/h7-8,12H,5-6,9H2,1-4H3,(H2,17,18). The molecule has 1 atom stereocenters. The molecule has 0 radical (unpaired) electrons. The molecule has 2 aliphatic rings. The molecule has 0 saturated carbocycles. The van der Waals surface area contributed by atoms with E-state index in [1.54, 1.807) is 6.07 Å². The van der Waals surface area contributed by atoms with Gasteiger partial charge in [0.2, 0.25) is 0 Å². The smallest absolute Gasteiger partial charge is 0.399 e. The molecular formula is C15H23BN2O4. The third-order valence-corrected chi connectivity index (χ3v) is 4.56. The van der Waals surface area contributed by atoms with Crippen LogP contribution in [0.1, 0.15) is 39.5 Å². The van der Waals surface area contributed by atoms with Crippen LogP contribution < -0.4 is 11.2 Å². The lowest BCUT2D eigenvalue weighted by molar-refractivity contribution is -0.0917. The molecule has 2 aliphatic heterocycles. The number of ether oxygens (including phenoxy) is 2. The number of rotatable bonds is 2. The first-order valence-corrected chi connectivity index (χ1v) is 7.61. The molecule has 3 heterocycles. The molecule has 3 rings (SSSR count). The molecule has 1 aromatic rings. The zero-order valence-corrected chi connectivity index (χ0v) is 13.6. The maximum Gasteiger partial charge on any atom is 0.495 e. The minimum Gasteiger partial charge on any atom is -0.399 e. The summed E-state index contributed by atoms with van der Waals surface area (Å²) in [7, 11) is -0.460. The minimum atomic E-state index is -0.460. The van der Waals surface area contributed by atoms with Gasteiger partial charge in [0, 0.05) is 0 Å². The van der Waals surface area contributed by atoms with Crippen molar-refractivity contribution in [3.05, 3.63) is 17.8 Å². The number of hydrogen-bond acceptors (Lipinski definition) is 6. The monoisotopic (exact) mass is 306 g/mol. The van der Waals surface area contributed by atoms with Crippen molar-refractivity contribution in [1.82, 2.24) is 4.98 Å². The SMILES string of the molecule is CC1(C)OB(c2cc(N)nc(C3COCCO3)c2)OC1(C)C. The van der Waals surface area contributed by atoms with Crippen molar-refractivity contribution < 1.29 is 18.8 Å². The van der Waals surface area contributed by atoms with Crippen LogP contribution in [0.4, 0.5) is 5.82 Å². The van der Waals surface area contributed by atoms with Crippen LogP contribution in [0.2, 0.25) is 0 Å². The molecule has 2 fully saturated rings. The highest BCUT2D eigenvalue weighted by molar-refractivity contribution is 6.62. The Morgan fingerprint density at radius 1 is 1.14 bits per heavy atom. The lowest BCUT2D eigenvalue weighted by Gasteiger charge is -2.32. The van der Waals surface area contributed by atoms with Crippen molar-refractivity contribution in [3.63, 3.8) is 0 Å². The van der Waals surface area contributed by atoms with Crippen LogP contribution in [0.15, 0.2) is 12.1 Å². The Balaban J connectivity index is 1.87. The van der Waals surface area contributed by atoms with Crippen LogP contribution >= 0.6 is 0 Å². The van der Waals surface area contributed by atoms with Crippen LogP contribution in [0.5, 0.6) is 0 Å². The van der Waals surface area contributed by atoms with Crippen molar-refractivity contribution in [1.29, 1.82) is 0 Å². The molecule has 0 spiro atoms. The van der Waals surface area contributed by atoms with Gasteiger partial charge in [-0.1, -0.05) is 0 Å². The number of nitrogens with two attached hydrogens (primary N) is 1. The van der Waals surface area contributed by atoms with E-state index in [4.69, 9.17) is 24.5 Å². The number of anilines is 1. The van der Waals surface area contributed by atoms with E-state index in [9.17, 15) is 0 Å². The number of nitrogens with zero attached hydrogens (tertiary/aromatic N) is 1. The summed E-state index contributed by atoms with van der Waals surface area (Å²) >= 11 is 0. The van der Waals surface area contributed by atoms with E-state index in [2.05, 4.69) is 4.98 Å². The topological polar surface area (TPSA) is 75.8 Å². The Kier molecular flexibility index (Phi) is 3.93. The van der Waals surface area contributed by atoms with Gasteiger partial charge in [0.25, 0.3) is 0 Å². The number of hydrogen-bond donors (Lipinski definition) is 1. The summed E-state index contributed by atoms with van der Waals surface area (Å²) in [6, 6.07) is 3.72. The first-order chi connectivity index (χ1) is 10.3. The Morgan fingerprint density at radius 3 is 2.41 bits per heavy atom. The van der Waals surface area contributed by atoms with Crippen LogP contribution in [-0.4, -0.2) is 43.1 Å². The Morgan fingerprint density at radius 2 is 1.82 bits per heavy atom. The Labute approximate surface area is 131 Å². The molecule has 1 aromatic heterocycles. The second-order valence-electron chi connectivity index (χ2n) is 6.77. The van der Waals surface area contributed by atoms with Gasteiger partial charge in [-0.25, -0.2) is 4.98 Å². The summed E-state index contributed by atoms with van der Waals surface area (Å²) in [5.41, 5.74) is 6.78. The van der Waals surface area contributed by atoms with Gasteiger partial charge >= 0.3 is 7.12 Å². The highest BCUT2D eigenvalue weighted by Crippen LogP contribution is 2.36. The molecule has 2 N–H and O–H groups in total. The molecule has 2 saturated heterocycles. The molecule has 120 valence electrons. The minimum absolute atomic E-state index is 0.196. The second kappa shape index (κ2) is 5.49. The van der Waals surface area contributed by atoms with Crippen LogP contribution in [0, 0.1) is 0 Å². The normalized spacial score (nSPS) is 27.1. The summed E-state index contributed by atoms with van der Waals surface area (Å²) in [5, 5.41) is 0. The fourth-order valence-corrected chi connectivity index (χ4v) is 2.54. The maximum atomic E-state index is 6.07. The summed E-state index contributed by atoms with van der Waals surface area (Å²) in [6.07, 6.45) is -0.196. The average Bonchev–Trinajstić information content (AvgIpc) is 2.68. The lowest BCUT2D eigenvalue weighted by atomic mass is 9.79. The van der Waals surface area contributed by atoms with Gasteiger partial charge in [-0.3, -0.25) is 0 Å². The van der Waals surface area contributed by atoms with Crippen molar-refractivity contribution in [2.75, 3.05) is 25.6 Å². The molecular weight excluding hydrogens is 283 g/mol. The Bertz CT molecular complexity index is 542. The maximum absolute atomic E-state index is 6.07. The van der Waals surface area contributed by atoms with Gasteiger partial charge in [0.1, 0.15) is 11.9 Å². The predicted molar refractivity (Wildman–Crippen MR) is 83.9 cm³/mol. The molecule has 0 aromatic carbocycles. The van der Waals surface area contributed by atoms with E-state index < -0.39 is 7.12 Å². The van der Waals surface area contributed by atoms with Crippen LogP contribution in [0.3, 0.4) is 0 Å². The fraction of sp³-hybridized carbons (Fsp3) is 0.667. The van der Waals surface area contributed by atoms with Gasteiger partial charge in [0.05, 0.1) is 36.7 Å². The van der Waals surface area contributed by atoms with Gasteiger partial charge in [-0.2, -0.15) is 0 Å². The van der Waals surface area contributed by atoms with Crippen LogP contribution in [-0.2, 0) is 18.8 Å². The molecule has 0 amide bonds. The first kappa shape index (κ1) is 15.7. The van der Waals surface area contributed by atoms with E-state index in [1.807, 2.05) is 33.8 Å². The van der Waals surface area contributed by atoms with Crippen molar-refractivity contribution in [2.24, 2.45) is 0 Å². The van der Waals surface area contributed by atoms with Crippen molar-refractivity contribution >= 4 is 18.4 Å². The summed E-state index contributed by atoms with van der Waals surface area (Å²) < 4.78 is 23.3.